The topological polar surface area (TPSA) is 155 Å². The molecule has 1 fully saturated rings. The number of carbonyl (C=O) groups excluding carboxylic acids is 1. The summed E-state index contributed by atoms with van der Waals surface area (Å²) in [6.45, 7) is 10.4. The molecule has 0 saturated carbocycles. The van der Waals surface area contributed by atoms with Gasteiger partial charge in [0, 0.05) is 71.8 Å². The van der Waals surface area contributed by atoms with E-state index in [0.29, 0.717) is 31.1 Å². The van der Waals surface area contributed by atoms with E-state index in [1.54, 1.807) is 0 Å². The number of aromatic nitrogens is 1. The van der Waals surface area contributed by atoms with Gasteiger partial charge in [-0.15, -0.1) is 0 Å². The predicted molar refractivity (Wildman–Crippen MR) is 242 cm³/mol. The van der Waals surface area contributed by atoms with Gasteiger partial charge in [0.2, 0.25) is 0 Å². The highest BCUT2D eigenvalue weighted by molar-refractivity contribution is 5.74. The number of allylic oxidation sites excluding steroid dienone is 2. The molecule has 0 aliphatic carbocycles. The molecule has 0 atom stereocenters. The molecule has 0 bridgehead atoms. The highest BCUT2D eigenvalue weighted by Crippen LogP contribution is 2.20. The molecule has 360 valence electrons. The Morgan fingerprint density at radius 1 is 0.773 bits per heavy atom. The summed E-state index contributed by atoms with van der Waals surface area (Å²) in [6.07, 6.45) is 7.04. The molecule has 18 heteroatoms. The average molecular weight is 932 g/mol. The smallest absolute Gasteiger partial charge is 0.490 e. The van der Waals surface area contributed by atoms with Crippen LogP contribution in [0.15, 0.2) is 82.4 Å². The van der Waals surface area contributed by atoms with Crippen molar-refractivity contribution in [2.24, 2.45) is 0 Å². The van der Waals surface area contributed by atoms with Crippen LogP contribution >= 0.6 is 0 Å². The summed E-state index contributed by atoms with van der Waals surface area (Å²) in [7, 11) is 4.10. The minimum atomic E-state index is -5.19. The Labute approximate surface area is 380 Å². The second-order valence-corrected chi connectivity index (χ2v) is 15.9. The number of carbonyl (C=O) groups is 2. The van der Waals surface area contributed by atoms with Gasteiger partial charge in [-0.25, -0.2) is 9.36 Å². The molecule has 66 heavy (non-hydrogen) atoms. The maximum Gasteiger partial charge on any atom is 0.490 e. The predicted octanol–water partition coefficient (Wildman–Crippen LogP) is 7.45. The largest absolute Gasteiger partial charge is 0.542 e. The van der Waals surface area contributed by atoms with Gasteiger partial charge in [0.25, 0.3) is 10.9 Å². The Kier molecular flexibility index (Phi) is 21.9. The number of benzene rings is 2. The van der Waals surface area contributed by atoms with Crippen LogP contribution in [-0.4, -0.2) is 81.2 Å². The monoisotopic (exact) mass is 931 g/mol. The minimum Gasteiger partial charge on any atom is -0.542 e. The molecule has 12 nitrogen and oxygen atoms in total. The second-order valence-electron chi connectivity index (χ2n) is 15.9. The van der Waals surface area contributed by atoms with Crippen molar-refractivity contribution in [2.45, 2.75) is 90.7 Å². The van der Waals surface area contributed by atoms with Gasteiger partial charge in [-0.05, 0) is 86.1 Å². The number of ether oxygens (including phenoxy) is 1. The highest BCUT2D eigenvalue weighted by atomic mass is 19.4. The van der Waals surface area contributed by atoms with E-state index in [2.05, 4.69) is 132 Å². The molecule has 1 aromatic heterocycles. The van der Waals surface area contributed by atoms with Crippen LogP contribution in [0.2, 0.25) is 0 Å². The number of aryl methyl sites for hydroxylation is 2. The number of alkyl halides is 6. The number of hydrogen-bond donors (Lipinski definition) is 3. The molecular weight excluding hydrogens is 873 g/mol. The molecular formula is C48H59F6N5O7. The number of nitrogens with zero attached hydrogens (tertiary/aromatic N) is 3. The van der Waals surface area contributed by atoms with E-state index in [0.717, 1.165) is 50.9 Å². The fraction of sp³-hybridized carbons (Fsp3) is 0.438. The lowest BCUT2D eigenvalue weighted by Crippen LogP contribution is -2.40. The molecule has 3 N–H and O–H groups in total. The van der Waals surface area contributed by atoms with Crippen LogP contribution in [0.4, 0.5) is 43.4 Å². The lowest BCUT2D eigenvalue weighted by molar-refractivity contribution is -0.709. The standard InChI is InChI=1S/C44H57N5O3.2C2HF3O2/c1-34-30-37(17-9-8-16-36-20-22-39(23-21-36)47(3)4)31-35(2)49(34)28-13-6-5-10-24-45-41-42(44(51)43(41)50)46-25-15-29-52-40-19-14-18-38(32-40)33-48-26-11-7-12-27-48;2*3-2(4,5)1(6)7/h8-9,14,16-23,30-32H,5-7,10-13,15,24-29,33H2,1-4H3,(H-,45,46,50,51);2*(H,6,7). The molecule has 1 saturated heterocycles. The number of nitrogens with one attached hydrogen (secondary N) is 2. The van der Waals surface area contributed by atoms with Gasteiger partial charge in [-0.2, -0.15) is 26.3 Å². The van der Waals surface area contributed by atoms with Gasteiger partial charge < -0.3 is 35.3 Å². The number of halogens is 6. The lowest BCUT2D eigenvalue weighted by atomic mass is 10.1. The van der Waals surface area contributed by atoms with E-state index in [9.17, 15) is 35.9 Å². The third kappa shape index (κ3) is 19.1. The highest BCUT2D eigenvalue weighted by Gasteiger charge is 2.38. The van der Waals surface area contributed by atoms with Gasteiger partial charge in [0.05, 0.1) is 6.61 Å². The summed E-state index contributed by atoms with van der Waals surface area (Å²) >= 11 is 0. The molecule has 0 unspecified atom stereocenters. The van der Waals surface area contributed by atoms with Crippen LogP contribution in [0.25, 0.3) is 12.2 Å². The molecule has 0 amide bonds. The van der Waals surface area contributed by atoms with E-state index >= 15 is 0 Å². The first kappa shape index (κ1) is 54.2. The number of rotatable bonds is 20. The SMILES string of the molecule is Cc1cc(/C=C/C=C/c2ccc(N(C)C)cc2)cc(C)[n+]1CCCCCCNc1c(NCCCOc2cccc(CN3CCCCC3)c2)c(=O)c1=O.O=C(O)C(F)(F)F.O=C([O-])C(F)(F)F. The molecule has 1 aliphatic rings. The number of hydrogen-bond acceptors (Lipinski definition) is 10. The summed E-state index contributed by atoms with van der Waals surface area (Å²) in [5.74, 6) is -4.89. The first-order chi connectivity index (χ1) is 31.2. The number of carboxylic acid groups (broad SMARTS) is 2. The van der Waals surface area contributed by atoms with Gasteiger partial charge in [0.1, 0.15) is 29.6 Å². The Hall–Kier alpha value is -6.17. The lowest BCUT2D eigenvalue weighted by Gasteiger charge is -2.26. The number of pyridine rings is 1. The summed E-state index contributed by atoms with van der Waals surface area (Å²) < 4.78 is 71.7. The molecule has 3 aromatic carbocycles. The van der Waals surface area contributed by atoms with Crippen molar-refractivity contribution in [3.8, 4) is 5.75 Å². The third-order valence-corrected chi connectivity index (χ3v) is 10.3. The van der Waals surface area contributed by atoms with Gasteiger partial charge in [-0.3, -0.25) is 14.5 Å². The first-order valence-corrected chi connectivity index (χ1v) is 21.6. The zero-order chi connectivity index (χ0) is 48.9. The number of aliphatic carboxylic acids is 2. The zero-order valence-electron chi connectivity index (χ0n) is 37.7. The van der Waals surface area contributed by atoms with Crippen molar-refractivity contribution < 1.29 is 55.4 Å². The van der Waals surface area contributed by atoms with E-state index in [-0.39, 0.29) is 0 Å². The van der Waals surface area contributed by atoms with E-state index < -0.39 is 35.1 Å². The fourth-order valence-electron chi connectivity index (χ4n) is 6.90. The molecule has 2 heterocycles. The van der Waals surface area contributed by atoms with Crippen molar-refractivity contribution in [3.05, 3.63) is 121 Å². The van der Waals surface area contributed by atoms with Crippen LogP contribution in [0, 0.1) is 13.8 Å². The van der Waals surface area contributed by atoms with Crippen molar-refractivity contribution in [1.82, 2.24) is 4.90 Å². The molecule has 4 aromatic rings. The maximum absolute atomic E-state index is 12.2. The van der Waals surface area contributed by atoms with Crippen LogP contribution in [0.3, 0.4) is 0 Å². The molecule has 0 radical (unpaired) electrons. The van der Waals surface area contributed by atoms with Crippen molar-refractivity contribution in [2.75, 3.05) is 62.4 Å². The molecule has 1 aliphatic heterocycles. The van der Waals surface area contributed by atoms with Gasteiger partial charge >= 0.3 is 18.3 Å². The number of piperidine rings is 1. The minimum absolute atomic E-state index is 0.417. The normalized spacial score (nSPS) is 13.2. The Bertz CT molecular complexity index is 2230. The van der Waals surface area contributed by atoms with E-state index in [1.807, 2.05) is 6.07 Å². The van der Waals surface area contributed by atoms with Crippen molar-refractivity contribution >= 4 is 41.2 Å². The number of anilines is 3. The fourth-order valence-corrected chi connectivity index (χ4v) is 6.90. The van der Waals surface area contributed by atoms with Crippen molar-refractivity contribution in [1.29, 1.82) is 0 Å². The van der Waals surface area contributed by atoms with Crippen molar-refractivity contribution in [3.63, 3.8) is 0 Å². The quantitative estimate of drug-likeness (QED) is 0.0266. The zero-order valence-corrected chi connectivity index (χ0v) is 37.7. The second kappa shape index (κ2) is 26.7. The van der Waals surface area contributed by atoms with Crippen LogP contribution in [0.1, 0.15) is 79.4 Å². The summed E-state index contributed by atoms with van der Waals surface area (Å²) in [4.78, 5) is 46.8. The van der Waals surface area contributed by atoms with Gasteiger partial charge in [-0.1, -0.05) is 61.4 Å². The van der Waals surface area contributed by atoms with Crippen LogP contribution in [-0.2, 0) is 22.7 Å². The number of carboxylic acids is 2. The molecule has 5 rings (SSSR count). The number of unbranched alkanes of at least 4 members (excludes halogenated alkanes) is 3. The molecule has 0 spiro atoms. The number of likely N-dealkylation sites (tertiary alicyclic amines) is 1. The van der Waals surface area contributed by atoms with E-state index in [4.69, 9.17) is 24.5 Å². The van der Waals surface area contributed by atoms with Crippen LogP contribution < -0.4 is 40.8 Å². The Morgan fingerprint density at radius 2 is 1.30 bits per heavy atom. The third-order valence-electron chi connectivity index (χ3n) is 10.3. The van der Waals surface area contributed by atoms with E-state index in [1.165, 1.54) is 66.1 Å². The maximum atomic E-state index is 12.2. The first-order valence-electron chi connectivity index (χ1n) is 21.6. The summed E-state index contributed by atoms with van der Waals surface area (Å²) in [6, 6.07) is 21.4. The summed E-state index contributed by atoms with van der Waals surface area (Å²) in [5.41, 5.74) is 7.38. The summed E-state index contributed by atoms with van der Waals surface area (Å²) in [5, 5.41) is 22.3. The average Bonchev–Trinajstić information content (AvgIpc) is 3.26. The Morgan fingerprint density at radius 3 is 1.83 bits per heavy atom. The Balaban J connectivity index is 0.000000715. The van der Waals surface area contributed by atoms with Crippen LogP contribution in [0.5, 0.6) is 5.75 Å². The van der Waals surface area contributed by atoms with Gasteiger partial charge in [0.15, 0.2) is 11.4 Å².